The molecule has 0 aliphatic carbocycles. The van der Waals surface area contributed by atoms with Crippen LogP contribution in [0.15, 0.2) is 58.8 Å². The lowest BCUT2D eigenvalue weighted by molar-refractivity contribution is 0.0949. The topological polar surface area (TPSA) is 90.5 Å². The second-order valence-electron chi connectivity index (χ2n) is 7.57. The molecule has 33 heavy (non-hydrogen) atoms. The summed E-state index contributed by atoms with van der Waals surface area (Å²) < 4.78 is 3.93. The van der Waals surface area contributed by atoms with E-state index in [2.05, 4.69) is 44.4 Å². The van der Waals surface area contributed by atoms with Crippen LogP contribution in [-0.2, 0) is 18.8 Å². The highest BCUT2D eigenvalue weighted by molar-refractivity contribution is 7.98. The summed E-state index contributed by atoms with van der Waals surface area (Å²) in [6.45, 7) is 7.02. The van der Waals surface area contributed by atoms with Gasteiger partial charge in [0.15, 0.2) is 16.1 Å². The number of benzene rings is 2. The molecule has 0 aliphatic rings. The van der Waals surface area contributed by atoms with Crippen molar-refractivity contribution in [3.8, 4) is 5.69 Å². The van der Waals surface area contributed by atoms with Crippen LogP contribution in [0.1, 0.15) is 40.1 Å². The van der Waals surface area contributed by atoms with Gasteiger partial charge in [0.05, 0.1) is 12.3 Å². The molecule has 10 heteroatoms. The molecule has 0 unspecified atom stereocenters. The van der Waals surface area contributed by atoms with E-state index in [1.54, 1.807) is 6.07 Å². The minimum atomic E-state index is -0.133. The van der Waals surface area contributed by atoms with Gasteiger partial charge in [0.2, 0.25) is 0 Å². The van der Waals surface area contributed by atoms with Crippen LogP contribution in [0, 0.1) is 13.8 Å². The van der Waals surface area contributed by atoms with Crippen LogP contribution in [0.4, 0.5) is 0 Å². The molecule has 8 nitrogen and oxygen atoms in total. The standard InChI is InChI=1S/C23H25N7OS2/c1-4-29-19(13-24-21(31)17-9-5-7-15(2)11-17)25-28-23(29)33-14-20-26-27-22(32)30(20)18-10-6-8-16(3)12-18/h5-12H,4,13-14H2,1-3H3,(H,24,31)(H,27,32). The van der Waals surface area contributed by atoms with Gasteiger partial charge in [0.1, 0.15) is 5.82 Å². The van der Waals surface area contributed by atoms with E-state index in [1.165, 1.54) is 11.8 Å². The molecule has 2 heterocycles. The Kier molecular flexibility index (Phi) is 7.14. The zero-order valence-electron chi connectivity index (χ0n) is 18.7. The largest absolute Gasteiger partial charge is 0.345 e. The Bertz CT molecular complexity index is 1280. The smallest absolute Gasteiger partial charge is 0.251 e. The van der Waals surface area contributed by atoms with E-state index in [1.807, 2.05) is 66.3 Å². The summed E-state index contributed by atoms with van der Waals surface area (Å²) in [6.07, 6.45) is 0. The number of hydrogen-bond donors (Lipinski definition) is 2. The molecular weight excluding hydrogens is 454 g/mol. The monoisotopic (exact) mass is 479 g/mol. The number of aromatic nitrogens is 6. The fourth-order valence-electron chi connectivity index (χ4n) is 3.48. The number of aryl methyl sites for hydroxylation is 2. The number of thiol groups is 1. The molecule has 0 saturated carbocycles. The minimum Gasteiger partial charge on any atom is -0.345 e. The molecule has 4 aromatic rings. The Hall–Kier alpha value is -3.11. The summed E-state index contributed by atoms with van der Waals surface area (Å²) in [7, 11) is 0. The quantitative estimate of drug-likeness (QED) is 0.293. The highest BCUT2D eigenvalue weighted by Gasteiger charge is 2.17. The van der Waals surface area contributed by atoms with Gasteiger partial charge in [-0.25, -0.2) is 0 Å². The molecule has 0 radical (unpaired) electrons. The predicted molar refractivity (Wildman–Crippen MR) is 131 cm³/mol. The van der Waals surface area contributed by atoms with Gasteiger partial charge in [-0.15, -0.1) is 33.0 Å². The first-order valence-electron chi connectivity index (χ1n) is 10.6. The first-order valence-corrected chi connectivity index (χ1v) is 12.0. The summed E-state index contributed by atoms with van der Waals surface area (Å²) >= 11 is 6.00. The number of carbonyl (C=O) groups excluding carboxylic acids is 1. The average Bonchev–Trinajstić information content (AvgIpc) is 3.38. The lowest BCUT2D eigenvalue weighted by Crippen LogP contribution is -2.24. The number of carbonyl (C=O) groups is 1. The zero-order valence-corrected chi connectivity index (χ0v) is 20.4. The average molecular weight is 480 g/mol. The van der Waals surface area contributed by atoms with Gasteiger partial charge in [-0.2, -0.15) is 0 Å². The first-order chi connectivity index (χ1) is 16.0. The molecule has 0 saturated heterocycles. The number of rotatable bonds is 8. The Labute approximate surface area is 202 Å². The maximum atomic E-state index is 12.5. The Morgan fingerprint density at radius 1 is 1.00 bits per heavy atom. The van der Waals surface area contributed by atoms with E-state index in [0.717, 1.165) is 27.8 Å². The molecule has 0 atom stereocenters. The number of thioether (sulfide) groups is 1. The van der Waals surface area contributed by atoms with E-state index >= 15 is 0 Å². The summed E-state index contributed by atoms with van der Waals surface area (Å²) in [5.74, 6) is 1.90. The maximum Gasteiger partial charge on any atom is 0.251 e. The summed E-state index contributed by atoms with van der Waals surface area (Å²) in [6, 6.07) is 15.6. The van der Waals surface area contributed by atoms with E-state index < -0.39 is 0 Å². The summed E-state index contributed by atoms with van der Waals surface area (Å²) in [5.41, 5.74) is 3.79. The van der Waals surface area contributed by atoms with E-state index in [0.29, 0.717) is 35.4 Å². The first kappa shape index (κ1) is 23.1. The third kappa shape index (κ3) is 5.28. The second kappa shape index (κ2) is 10.2. The van der Waals surface area contributed by atoms with Gasteiger partial charge >= 0.3 is 0 Å². The number of amides is 1. The molecule has 0 spiro atoms. The van der Waals surface area contributed by atoms with Crippen LogP contribution in [0.5, 0.6) is 0 Å². The lowest BCUT2D eigenvalue weighted by atomic mass is 10.1. The molecule has 0 aliphatic heterocycles. The SMILES string of the molecule is CCn1c(CNC(=O)c2cccc(C)c2)nnc1SCc1nnc(S)n1-c1cccc(C)c1. The third-order valence-corrected chi connectivity index (χ3v) is 6.35. The maximum absolute atomic E-state index is 12.5. The van der Waals surface area contributed by atoms with Gasteiger partial charge in [0, 0.05) is 17.8 Å². The predicted octanol–water partition coefficient (Wildman–Crippen LogP) is 4.01. The fraction of sp³-hybridized carbons (Fsp3) is 0.261. The Morgan fingerprint density at radius 3 is 2.45 bits per heavy atom. The van der Waals surface area contributed by atoms with Crippen molar-refractivity contribution >= 4 is 30.3 Å². The van der Waals surface area contributed by atoms with Gasteiger partial charge in [0.25, 0.3) is 5.91 Å². The number of hydrogen-bond acceptors (Lipinski definition) is 7. The van der Waals surface area contributed by atoms with Crippen molar-refractivity contribution in [3.05, 3.63) is 76.9 Å². The Balaban J connectivity index is 1.46. The van der Waals surface area contributed by atoms with Gasteiger partial charge in [-0.3, -0.25) is 9.36 Å². The van der Waals surface area contributed by atoms with Crippen LogP contribution in [0.3, 0.4) is 0 Å². The molecule has 0 bridgehead atoms. The minimum absolute atomic E-state index is 0.133. The van der Waals surface area contributed by atoms with Crippen molar-refractivity contribution in [1.82, 2.24) is 34.8 Å². The van der Waals surface area contributed by atoms with Gasteiger partial charge < -0.3 is 9.88 Å². The van der Waals surface area contributed by atoms with Crippen LogP contribution < -0.4 is 5.32 Å². The van der Waals surface area contributed by atoms with Crippen molar-refractivity contribution in [2.75, 3.05) is 0 Å². The van der Waals surface area contributed by atoms with Crippen LogP contribution in [0.25, 0.3) is 5.69 Å². The third-order valence-electron chi connectivity index (χ3n) is 5.10. The van der Waals surface area contributed by atoms with Gasteiger partial charge in [-0.05, 0) is 50.6 Å². The van der Waals surface area contributed by atoms with E-state index in [-0.39, 0.29) is 5.91 Å². The highest BCUT2D eigenvalue weighted by Crippen LogP contribution is 2.25. The fourth-order valence-corrected chi connectivity index (χ4v) is 4.69. The molecule has 2 aromatic carbocycles. The van der Waals surface area contributed by atoms with Crippen LogP contribution in [0.2, 0.25) is 0 Å². The lowest BCUT2D eigenvalue weighted by Gasteiger charge is -2.10. The molecule has 170 valence electrons. The van der Waals surface area contributed by atoms with Crippen molar-refractivity contribution in [2.45, 2.75) is 49.9 Å². The van der Waals surface area contributed by atoms with Crippen LogP contribution >= 0.6 is 24.4 Å². The van der Waals surface area contributed by atoms with E-state index in [9.17, 15) is 4.79 Å². The number of nitrogens with one attached hydrogen (secondary N) is 1. The molecule has 0 fully saturated rings. The zero-order chi connectivity index (χ0) is 23.4. The van der Waals surface area contributed by atoms with Crippen molar-refractivity contribution < 1.29 is 4.79 Å². The van der Waals surface area contributed by atoms with Crippen molar-refractivity contribution in [2.24, 2.45) is 0 Å². The molecule has 2 aromatic heterocycles. The second-order valence-corrected chi connectivity index (χ2v) is 8.92. The highest BCUT2D eigenvalue weighted by atomic mass is 32.2. The number of nitrogens with zero attached hydrogens (tertiary/aromatic N) is 6. The van der Waals surface area contributed by atoms with E-state index in [4.69, 9.17) is 0 Å². The van der Waals surface area contributed by atoms with Crippen molar-refractivity contribution in [3.63, 3.8) is 0 Å². The summed E-state index contributed by atoms with van der Waals surface area (Å²) in [4.78, 5) is 12.5. The van der Waals surface area contributed by atoms with Crippen molar-refractivity contribution in [1.29, 1.82) is 0 Å². The normalized spacial score (nSPS) is 11.0. The molecule has 4 rings (SSSR count). The van der Waals surface area contributed by atoms with Gasteiger partial charge in [-0.1, -0.05) is 41.6 Å². The summed E-state index contributed by atoms with van der Waals surface area (Å²) in [5, 5.41) is 21.3. The molecule has 1 amide bonds. The Morgan fingerprint density at radius 2 is 1.73 bits per heavy atom. The molecule has 1 N–H and O–H groups in total. The van der Waals surface area contributed by atoms with Crippen LogP contribution in [-0.4, -0.2) is 35.4 Å². The molecular formula is C23H25N7OS2.